The van der Waals surface area contributed by atoms with Crippen molar-refractivity contribution >= 4 is 16.0 Å². The number of nitrogens with zero attached hydrogens (tertiary/aromatic N) is 1. The van der Waals surface area contributed by atoms with Crippen molar-refractivity contribution in [1.82, 2.24) is 4.72 Å². The Balaban J connectivity index is 3.00. The molecule has 1 aromatic carbocycles. The Morgan fingerprint density at radius 3 is 2.83 bits per heavy atom. The number of benzene rings is 1. The molecule has 0 saturated heterocycles. The topological polar surface area (TPSA) is 96.3 Å². The maximum atomic E-state index is 11.7. The second-order valence-electron chi connectivity index (χ2n) is 3.26. The molecule has 0 heterocycles. The molecule has 0 aliphatic rings. The molecular formula is C11H12N2O4S. The number of nitrogens with one attached hydrogen (secondary N) is 1. The summed E-state index contributed by atoms with van der Waals surface area (Å²) in [5, 5.41) is 8.28. The van der Waals surface area contributed by atoms with Gasteiger partial charge in [0.15, 0.2) is 6.61 Å². The van der Waals surface area contributed by atoms with Crippen molar-refractivity contribution < 1.29 is 17.9 Å². The Hall–Kier alpha value is -1.91. The predicted octanol–water partition coefficient (Wildman–Crippen LogP) is 0.665. The van der Waals surface area contributed by atoms with Crippen LogP contribution < -0.4 is 4.72 Å². The summed E-state index contributed by atoms with van der Waals surface area (Å²) < 4.78 is 30.3. The zero-order chi connectivity index (χ0) is 13.6. The number of hydrogen-bond donors (Lipinski definition) is 1. The van der Waals surface area contributed by atoms with Crippen molar-refractivity contribution in [1.29, 1.82) is 5.26 Å². The largest absolute Gasteiger partial charge is 0.447 e. The molecule has 0 amide bonds. The molecule has 0 radical (unpaired) electrons. The summed E-state index contributed by atoms with van der Waals surface area (Å²) in [6, 6.07) is 7.10. The Morgan fingerprint density at radius 1 is 1.50 bits per heavy atom. The monoisotopic (exact) mass is 268 g/mol. The third-order valence-corrected chi connectivity index (χ3v) is 3.53. The predicted molar refractivity (Wildman–Crippen MR) is 63.2 cm³/mol. The number of nitriles is 1. The molecule has 6 nitrogen and oxygen atoms in total. The van der Waals surface area contributed by atoms with E-state index in [9.17, 15) is 13.2 Å². The van der Waals surface area contributed by atoms with Gasteiger partial charge in [-0.2, -0.15) is 5.26 Å². The molecule has 1 N–H and O–H groups in total. The fourth-order valence-corrected chi connectivity index (χ4v) is 2.33. The molecule has 1 aromatic rings. The van der Waals surface area contributed by atoms with Crippen LogP contribution >= 0.6 is 0 Å². The van der Waals surface area contributed by atoms with Crippen LogP contribution in [0.15, 0.2) is 29.2 Å². The van der Waals surface area contributed by atoms with Gasteiger partial charge in [0.25, 0.3) is 0 Å². The van der Waals surface area contributed by atoms with Crippen LogP contribution in [-0.4, -0.2) is 27.5 Å². The summed E-state index contributed by atoms with van der Waals surface area (Å²) in [4.78, 5) is 11.4. The van der Waals surface area contributed by atoms with Crippen molar-refractivity contribution in [3.05, 3.63) is 29.8 Å². The quantitative estimate of drug-likeness (QED) is 0.791. The number of carbonyl (C=O) groups is 1. The van der Waals surface area contributed by atoms with Crippen molar-refractivity contribution in [3.8, 4) is 6.07 Å². The van der Waals surface area contributed by atoms with Crippen LogP contribution in [0.4, 0.5) is 0 Å². The zero-order valence-corrected chi connectivity index (χ0v) is 10.5. The van der Waals surface area contributed by atoms with Gasteiger partial charge < -0.3 is 4.74 Å². The molecule has 0 aromatic heterocycles. The molecular weight excluding hydrogens is 256 g/mol. The van der Waals surface area contributed by atoms with Crippen LogP contribution in [0.5, 0.6) is 0 Å². The third-order valence-electron chi connectivity index (χ3n) is 1.98. The van der Waals surface area contributed by atoms with Crippen LogP contribution in [0.25, 0.3) is 0 Å². The number of rotatable bonds is 5. The van der Waals surface area contributed by atoms with Crippen molar-refractivity contribution in [3.63, 3.8) is 0 Å². The summed E-state index contributed by atoms with van der Waals surface area (Å²) in [6.07, 6.45) is 0. The smallest absolute Gasteiger partial charge is 0.339 e. The van der Waals surface area contributed by atoms with Gasteiger partial charge in [-0.3, -0.25) is 0 Å². The van der Waals surface area contributed by atoms with Gasteiger partial charge in [-0.15, -0.1) is 0 Å². The molecule has 18 heavy (non-hydrogen) atoms. The lowest BCUT2D eigenvalue weighted by atomic mass is 10.2. The van der Waals surface area contributed by atoms with Crippen LogP contribution in [0.3, 0.4) is 0 Å². The normalized spacial score (nSPS) is 10.7. The van der Waals surface area contributed by atoms with Gasteiger partial charge in [-0.25, -0.2) is 17.9 Å². The van der Waals surface area contributed by atoms with E-state index in [1.165, 1.54) is 24.3 Å². The highest BCUT2D eigenvalue weighted by Crippen LogP contribution is 2.12. The SMILES string of the molecule is CCNS(=O)(=O)c1cccc(C(=O)OCC#N)c1. The molecule has 0 aliphatic heterocycles. The summed E-state index contributed by atoms with van der Waals surface area (Å²) in [5.74, 6) is -0.731. The molecule has 1 rings (SSSR count). The Labute approximate surface area is 105 Å². The minimum Gasteiger partial charge on any atom is -0.447 e. The van der Waals surface area contributed by atoms with Crippen molar-refractivity contribution in [2.75, 3.05) is 13.2 Å². The highest BCUT2D eigenvalue weighted by atomic mass is 32.2. The molecule has 96 valence electrons. The molecule has 0 saturated carbocycles. The van der Waals surface area contributed by atoms with E-state index in [1.807, 2.05) is 0 Å². The van der Waals surface area contributed by atoms with Gasteiger partial charge in [0, 0.05) is 6.54 Å². The number of ether oxygens (including phenoxy) is 1. The second-order valence-corrected chi connectivity index (χ2v) is 5.03. The number of esters is 1. The highest BCUT2D eigenvalue weighted by molar-refractivity contribution is 7.89. The summed E-state index contributed by atoms with van der Waals surface area (Å²) in [5.41, 5.74) is 0.0872. The Bertz CT molecular complexity index is 575. The van der Waals surface area contributed by atoms with Crippen LogP contribution in [0, 0.1) is 11.3 Å². The standard InChI is InChI=1S/C11H12N2O4S/c1-2-13-18(15,16)10-5-3-4-9(8-10)11(14)17-7-6-12/h3-5,8,13H,2,7H2,1H3. The van der Waals surface area contributed by atoms with Crippen LogP contribution in [0.1, 0.15) is 17.3 Å². The average molecular weight is 268 g/mol. The number of carbonyl (C=O) groups excluding carboxylic acids is 1. The van der Waals surface area contributed by atoms with E-state index in [2.05, 4.69) is 9.46 Å². The van der Waals surface area contributed by atoms with E-state index < -0.39 is 16.0 Å². The van der Waals surface area contributed by atoms with Crippen LogP contribution in [-0.2, 0) is 14.8 Å². The molecule has 7 heteroatoms. The van der Waals surface area contributed by atoms with E-state index in [-0.39, 0.29) is 23.6 Å². The summed E-state index contributed by atoms with van der Waals surface area (Å²) in [6.45, 7) is 1.54. The van der Waals surface area contributed by atoms with Gasteiger partial charge in [0.1, 0.15) is 6.07 Å². The van der Waals surface area contributed by atoms with Gasteiger partial charge in [-0.1, -0.05) is 13.0 Å². The van der Waals surface area contributed by atoms with E-state index in [1.54, 1.807) is 13.0 Å². The number of hydrogen-bond acceptors (Lipinski definition) is 5. The molecule has 0 spiro atoms. The van der Waals surface area contributed by atoms with E-state index >= 15 is 0 Å². The highest BCUT2D eigenvalue weighted by Gasteiger charge is 2.15. The lowest BCUT2D eigenvalue weighted by Crippen LogP contribution is -2.23. The fraction of sp³-hybridized carbons (Fsp3) is 0.273. The van der Waals surface area contributed by atoms with Gasteiger partial charge in [0.2, 0.25) is 10.0 Å². The first-order valence-electron chi connectivity index (χ1n) is 5.15. The third kappa shape index (κ3) is 3.55. The minimum absolute atomic E-state index is 0.0178. The first-order chi connectivity index (χ1) is 8.51. The summed E-state index contributed by atoms with van der Waals surface area (Å²) >= 11 is 0. The van der Waals surface area contributed by atoms with Gasteiger partial charge in [0.05, 0.1) is 10.5 Å². The maximum absolute atomic E-state index is 11.7. The average Bonchev–Trinajstić information content (AvgIpc) is 2.36. The van der Waals surface area contributed by atoms with Crippen LogP contribution in [0.2, 0.25) is 0 Å². The maximum Gasteiger partial charge on any atom is 0.339 e. The Morgan fingerprint density at radius 2 is 2.22 bits per heavy atom. The van der Waals surface area contributed by atoms with Crippen molar-refractivity contribution in [2.45, 2.75) is 11.8 Å². The molecule has 0 atom stereocenters. The summed E-state index contributed by atoms with van der Waals surface area (Å²) in [7, 11) is -3.61. The fourth-order valence-electron chi connectivity index (χ4n) is 1.24. The lowest BCUT2D eigenvalue weighted by molar-refractivity contribution is 0.0554. The van der Waals surface area contributed by atoms with Gasteiger partial charge >= 0.3 is 5.97 Å². The minimum atomic E-state index is -3.61. The Kier molecular flexibility index (Phi) is 4.83. The first-order valence-corrected chi connectivity index (χ1v) is 6.63. The molecule has 0 aliphatic carbocycles. The number of sulfonamides is 1. The van der Waals surface area contributed by atoms with Gasteiger partial charge in [-0.05, 0) is 18.2 Å². The van der Waals surface area contributed by atoms with Crippen molar-refractivity contribution in [2.24, 2.45) is 0 Å². The second kappa shape index (κ2) is 6.14. The lowest BCUT2D eigenvalue weighted by Gasteiger charge is -2.06. The van der Waals surface area contributed by atoms with E-state index in [0.717, 1.165) is 0 Å². The zero-order valence-electron chi connectivity index (χ0n) is 9.71. The van der Waals surface area contributed by atoms with E-state index in [4.69, 9.17) is 5.26 Å². The molecule has 0 unspecified atom stereocenters. The molecule has 0 bridgehead atoms. The van der Waals surface area contributed by atoms with E-state index in [0.29, 0.717) is 0 Å². The molecule has 0 fully saturated rings. The first kappa shape index (κ1) is 14.2.